The number of hydrogen-bond acceptors (Lipinski definition) is 4. The van der Waals surface area contributed by atoms with E-state index in [2.05, 4.69) is 38.1 Å². The maximum Gasteiger partial charge on any atom is 0.313 e. The smallest absolute Gasteiger partial charge is 0.313 e. The maximum atomic E-state index is 12.8. The first kappa shape index (κ1) is 20.8. The van der Waals surface area contributed by atoms with Crippen LogP contribution >= 0.6 is 0 Å². The lowest BCUT2D eigenvalue weighted by molar-refractivity contribution is -0.142. The summed E-state index contributed by atoms with van der Waals surface area (Å²) in [6, 6.07) is 20.4. The largest absolute Gasteiger partial charge is 0.469 e. The molecule has 0 saturated carbocycles. The van der Waals surface area contributed by atoms with Crippen molar-refractivity contribution in [2.24, 2.45) is 0 Å². The zero-order valence-electron chi connectivity index (χ0n) is 18.4. The predicted molar refractivity (Wildman–Crippen MR) is 123 cm³/mol. The predicted octanol–water partition coefficient (Wildman–Crippen LogP) is 5.74. The van der Waals surface area contributed by atoms with E-state index < -0.39 is 5.92 Å². The summed E-state index contributed by atoms with van der Waals surface area (Å²) in [5, 5.41) is 4.99. The average Bonchev–Trinajstić information content (AvgIpc) is 3.16. The number of hydrogen-bond donors (Lipinski definition) is 0. The van der Waals surface area contributed by atoms with Gasteiger partial charge in [0.25, 0.3) is 0 Å². The number of benzene rings is 2. The molecule has 1 atom stereocenters. The van der Waals surface area contributed by atoms with Crippen molar-refractivity contribution in [1.82, 2.24) is 14.6 Å². The summed E-state index contributed by atoms with van der Waals surface area (Å²) in [5.74, 6) is -0.683. The Morgan fingerprint density at radius 3 is 2.39 bits per heavy atom. The number of rotatable bonds is 6. The van der Waals surface area contributed by atoms with Crippen molar-refractivity contribution in [3.8, 4) is 22.5 Å². The third-order valence-corrected chi connectivity index (χ3v) is 5.56. The van der Waals surface area contributed by atoms with Gasteiger partial charge in [0.1, 0.15) is 0 Å². The Morgan fingerprint density at radius 1 is 1.03 bits per heavy atom. The lowest BCUT2D eigenvalue weighted by Crippen LogP contribution is -2.15. The van der Waals surface area contributed by atoms with Crippen LogP contribution in [0.15, 0.2) is 60.7 Å². The van der Waals surface area contributed by atoms with Gasteiger partial charge < -0.3 is 4.74 Å². The Labute approximate surface area is 182 Å². The van der Waals surface area contributed by atoms with Gasteiger partial charge in [0, 0.05) is 22.4 Å². The number of nitrogens with zero attached hydrogens (tertiary/aromatic N) is 3. The van der Waals surface area contributed by atoms with Crippen molar-refractivity contribution in [3.63, 3.8) is 0 Å². The average molecular weight is 414 g/mol. The summed E-state index contributed by atoms with van der Waals surface area (Å²) in [6.07, 6.45) is 1.52. The molecule has 5 heteroatoms. The standard InChI is InChI=1S/C26H27N3O2/c1-5-9-21(26(30)31-4)23-24(20-10-7-6-8-11-20)28-29-22(16-18(3)27-25(23)29)19-14-12-17(2)13-15-19/h6-8,10-16,21H,5,9H2,1-4H3. The molecule has 2 aromatic heterocycles. The van der Waals surface area contributed by atoms with Gasteiger partial charge in [-0.05, 0) is 26.3 Å². The highest BCUT2D eigenvalue weighted by molar-refractivity contribution is 5.86. The molecule has 0 spiro atoms. The number of aryl methyl sites for hydroxylation is 2. The van der Waals surface area contributed by atoms with Crippen molar-refractivity contribution >= 4 is 11.6 Å². The molecule has 31 heavy (non-hydrogen) atoms. The van der Waals surface area contributed by atoms with Crippen LogP contribution < -0.4 is 0 Å². The van der Waals surface area contributed by atoms with Crippen molar-refractivity contribution in [2.45, 2.75) is 39.5 Å². The summed E-state index contributed by atoms with van der Waals surface area (Å²) in [4.78, 5) is 17.7. The quantitative estimate of drug-likeness (QED) is 0.378. The lowest BCUT2D eigenvalue weighted by Gasteiger charge is -2.15. The molecule has 0 bridgehead atoms. The van der Waals surface area contributed by atoms with Crippen LogP contribution in [0, 0.1) is 13.8 Å². The number of fused-ring (bicyclic) bond motifs is 1. The summed E-state index contributed by atoms with van der Waals surface area (Å²) < 4.78 is 7.06. The summed E-state index contributed by atoms with van der Waals surface area (Å²) in [7, 11) is 1.44. The molecule has 0 aliphatic heterocycles. The second-order valence-electron chi connectivity index (χ2n) is 7.88. The number of carbonyl (C=O) groups excluding carboxylic acids is 1. The summed E-state index contributed by atoms with van der Waals surface area (Å²) in [6.45, 7) is 6.12. The Kier molecular flexibility index (Phi) is 5.85. The van der Waals surface area contributed by atoms with Gasteiger partial charge in [-0.25, -0.2) is 9.50 Å². The van der Waals surface area contributed by atoms with Crippen LogP contribution in [0.5, 0.6) is 0 Å². The zero-order chi connectivity index (χ0) is 22.0. The fraction of sp³-hybridized carbons (Fsp3) is 0.269. The van der Waals surface area contributed by atoms with E-state index in [-0.39, 0.29) is 5.97 Å². The number of ether oxygens (including phenoxy) is 1. The van der Waals surface area contributed by atoms with Crippen LogP contribution in [0.2, 0.25) is 0 Å². The highest BCUT2D eigenvalue weighted by atomic mass is 16.5. The summed E-state index contributed by atoms with van der Waals surface area (Å²) >= 11 is 0. The van der Waals surface area contributed by atoms with Gasteiger partial charge in [-0.15, -0.1) is 0 Å². The third kappa shape index (κ3) is 3.96. The van der Waals surface area contributed by atoms with Crippen LogP contribution in [-0.2, 0) is 9.53 Å². The number of aromatic nitrogens is 3. The van der Waals surface area contributed by atoms with Gasteiger partial charge in [0.05, 0.1) is 24.4 Å². The zero-order valence-corrected chi connectivity index (χ0v) is 18.4. The maximum absolute atomic E-state index is 12.8. The fourth-order valence-electron chi connectivity index (χ4n) is 4.03. The van der Waals surface area contributed by atoms with Crippen molar-refractivity contribution < 1.29 is 9.53 Å². The Bertz CT molecular complexity index is 1210. The van der Waals surface area contributed by atoms with E-state index in [4.69, 9.17) is 14.8 Å². The Balaban J connectivity index is 2.06. The molecule has 2 heterocycles. The molecule has 0 amide bonds. The van der Waals surface area contributed by atoms with E-state index in [0.717, 1.165) is 40.2 Å². The first-order valence-electron chi connectivity index (χ1n) is 10.6. The van der Waals surface area contributed by atoms with E-state index in [9.17, 15) is 4.79 Å². The van der Waals surface area contributed by atoms with Crippen molar-refractivity contribution in [2.75, 3.05) is 7.11 Å². The molecule has 5 nitrogen and oxygen atoms in total. The monoisotopic (exact) mass is 413 g/mol. The van der Waals surface area contributed by atoms with Crippen molar-refractivity contribution in [1.29, 1.82) is 0 Å². The van der Waals surface area contributed by atoms with Gasteiger partial charge >= 0.3 is 5.97 Å². The Hall–Kier alpha value is -3.47. The molecular weight excluding hydrogens is 386 g/mol. The van der Waals surface area contributed by atoms with E-state index in [1.54, 1.807) is 0 Å². The lowest BCUT2D eigenvalue weighted by atomic mass is 9.92. The van der Waals surface area contributed by atoms with Gasteiger partial charge in [-0.2, -0.15) is 5.10 Å². The summed E-state index contributed by atoms with van der Waals surface area (Å²) in [5.41, 5.74) is 7.35. The fourth-order valence-corrected chi connectivity index (χ4v) is 4.03. The molecule has 2 aromatic carbocycles. The number of carbonyl (C=O) groups is 1. The highest BCUT2D eigenvalue weighted by Gasteiger charge is 2.30. The number of methoxy groups -OCH3 is 1. The SMILES string of the molecule is CCCC(C(=O)OC)c1c(-c2ccccc2)nn2c(-c3ccc(C)cc3)cc(C)nc12. The van der Waals surface area contributed by atoms with Gasteiger partial charge in [0.2, 0.25) is 0 Å². The van der Waals surface area contributed by atoms with E-state index >= 15 is 0 Å². The topological polar surface area (TPSA) is 56.5 Å². The highest BCUT2D eigenvalue weighted by Crippen LogP contribution is 2.36. The molecule has 4 rings (SSSR count). The van der Waals surface area contributed by atoms with Crippen LogP contribution in [0.3, 0.4) is 0 Å². The van der Waals surface area contributed by atoms with Gasteiger partial charge in [-0.1, -0.05) is 73.5 Å². The molecule has 0 aliphatic carbocycles. The normalized spacial score (nSPS) is 12.1. The molecule has 1 unspecified atom stereocenters. The van der Waals surface area contributed by atoms with Crippen LogP contribution in [0.1, 0.15) is 42.5 Å². The van der Waals surface area contributed by atoms with E-state index in [0.29, 0.717) is 12.1 Å². The minimum atomic E-state index is -0.428. The first-order chi connectivity index (χ1) is 15.0. The minimum absolute atomic E-state index is 0.255. The van der Waals surface area contributed by atoms with Crippen LogP contribution in [0.4, 0.5) is 0 Å². The molecule has 4 aromatic rings. The van der Waals surface area contributed by atoms with Gasteiger partial charge in [-0.3, -0.25) is 4.79 Å². The molecule has 158 valence electrons. The second-order valence-corrected chi connectivity index (χ2v) is 7.88. The van der Waals surface area contributed by atoms with Crippen LogP contribution in [-0.4, -0.2) is 27.7 Å². The van der Waals surface area contributed by atoms with E-state index in [1.807, 2.05) is 47.8 Å². The first-order valence-corrected chi connectivity index (χ1v) is 10.6. The Morgan fingerprint density at radius 2 is 1.74 bits per heavy atom. The molecule has 0 N–H and O–H groups in total. The molecule has 0 fully saturated rings. The third-order valence-electron chi connectivity index (χ3n) is 5.56. The van der Waals surface area contributed by atoms with Crippen molar-refractivity contribution in [3.05, 3.63) is 77.5 Å². The van der Waals surface area contributed by atoms with Gasteiger partial charge in [0.15, 0.2) is 5.65 Å². The second kappa shape index (κ2) is 8.72. The molecule has 0 radical (unpaired) electrons. The molecule has 0 saturated heterocycles. The minimum Gasteiger partial charge on any atom is -0.469 e. The number of esters is 1. The van der Waals surface area contributed by atoms with Crippen LogP contribution in [0.25, 0.3) is 28.2 Å². The molecular formula is C26H27N3O2. The van der Waals surface area contributed by atoms with E-state index in [1.165, 1.54) is 12.7 Å². The molecule has 0 aliphatic rings.